The summed E-state index contributed by atoms with van der Waals surface area (Å²) >= 11 is 12.2. The van der Waals surface area contributed by atoms with Crippen molar-refractivity contribution in [1.29, 1.82) is 0 Å². The maximum absolute atomic E-state index is 13.4. The van der Waals surface area contributed by atoms with Crippen LogP contribution in [0.5, 0.6) is 5.75 Å². The Morgan fingerprint density at radius 1 is 1.19 bits per heavy atom. The smallest absolute Gasteiger partial charge is 0.335 e. The summed E-state index contributed by atoms with van der Waals surface area (Å²) in [5.41, 5.74) is 0.719. The van der Waals surface area contributed by atoms with Gasteiger partial charge in [-0.25, -0.2) is 4.79 Å². The van der Waals surface area contributed by atoms with Gasteiger partial charge in [-0.15, -0.1) is 0 Å². The lowest BCUT2D eigenvalue weighted by molar-refractivity contribution is -0.105. The van der Waals surface area contributed by atoms with Gasteiger partial charge >= 0.3 is 5.97 Å². The van der Waals surface area contributed by atoms with Crippen LogP contribution in [0.15, 0.2) is 41.1 Å². The van der Waals surface area contributed by atoms with Crippen molar-refractivity contribution in [3.8, 4) is 5.75 Å². The van der Waals surface area contributed by atoms with Gasteiger partial charge < -0.3 is 24.9 Å². The molecule has 9 nitrogen and oxygen atoms in total. The van der Waals surface area contributed by atoms with Gasteiger partial charge in [0.2, 0.25) is 6.41 Å². The molecule has 0 bridgehead atoms. The van der Waals surface area contributed by atoms with E-state index in [-0.39, 0.29) is 49.3 Å². The van der Waals surface area contributed by atoms with Crippen LogP contribution in [0, 0.1) is 0 Å². The van der Waals surface area contributed by atoms with E-state index in [0.29, 0.717) is 17.4 Å². The van der Waals surface area contributed by atoms with Crippen molar-refractivity contribution in [3.05, 3.63) is 57.8 Å². The number of amides is 2. The van der Waals surface area contributed by atoms with Gasteiger partial charge in [0.1, 0.15) is 5.58 Å². The average molecular weight is 474 g/mol. The zero-order valence-electron chi connectivity index (χ0n) is 16.2. The molecule has 11 heteroatoms. The van der Waals surface area contributed by atoms with Gasteiger partial charge in [-0.1, -0.05) is 23.2 Å². The molecule has 0 unspecified atom stereocenters. The normalized spacial score (nSPS) is 10.8. The predicted octanol–water partition coefficient (Wildman–Crippen LogP) is 4.82. The number of nitrogens with zero attached hydrogens (tertiary/aromatic N) is 1. The minimum atomic E-state index is -1.16. The average Bonchev–Trinajstić information content (AvgIpc) is 3.14. The first-order chi connectivity index (χ1) is 15.3. The lowest BCUT2D eigenvalue weighted by atomic mass is 10.0. The topological polar surface area (TPSA) is 131 Å². The number of carboxylic acids is 1. The maximum atomic E-state index is 13.4. The van der Waals surface area contributed by atoms with Gasteiger partial charge in [-0.2, -0.15) is 0 Å². The largest absolute Gasteiger partial charge is 0.493 e. The van der Waals surface area contributed by atoms with E-state index in [9.17, 15) is 19.5 Å². The first-order valence-corrected chi connectivity index (χ1v) is 9.72. The summed E-state index contributed by atoms with van der Waals surface area (Å²) in [6, 6.07) is 5.64. The van der Waals surface area contributed by atoms with Crippen molar-refractivity contribution in [2.24, 2.45) is 0 Å². The Hall–Kier alpha value is -3.82. The van der Waals surface area contributed by atoms with E-state index in [0.717, 1.165) is 0 Å². The number of carbonyl (C=O) groups is 3. The quantitative estimate of drug-likeness (QED) is 0.342. The van der Waals surface area contributed by atoms with Crippen LogP contribution in [0.25, 0.3) is 21.9 Å². The molecule has 0 spiro atoms. The molecule has 0 aliphatic carbocycles. The molecule has 162 valence electrons. The summed E-state index contributed by atoms with van der Waals surface area (Å²) in [5, 5.41) is 15.3. The van der Waals surface area contributed by atoms with Crippen LogP contribution in [-0.4, -0.2) is 35.5 Å². The molecule has 2 aromatic heterocycles. The number of nitrogens with one attached hydrogen (secondary N) is 2. The van der Waals surface area contributed by atoms with E-state index in [2.05, 4.69) is 15.6 Å². The molecule has 4 rings (SSSR count). The second-order valence-electron chi connectivity index (χ2n) is 6.52. The fourth-order valence-electron chi connectivity index (χ4n) is 3.33. The van der Waals surface area contributed by atoms with Gasteiger partial charge in [0.25, 0.3) is 5.91 Å². The number of carboxylic acid groups (broad SMARTS) is 1. The highest BCUT2D eigenvalue weighted by atomic mass is 35.5. The van der Waals surface area contributed by atoms with E-state index < -0.39 is 11.9 Å². The highest BCUT2D eigenvalue weighted by Crippen LogP contribution is 2.42. The maximum Gasteiger partial charge on any atom is 0.335 e. The van der Waals surface area contributed by atoms with Gasteiger partial charge in [-0.05, 0) is 18.2 Å². The number of halogens is 2. The zero-order valence-corrected chi connectivity index (χ0v) is 17.7. The summed E-state index contributed by atoms with van der Waals surface area (Å²) in [4.78, 5) is 40.0. The molecule has 2 amide bonds. The van der Waals surface area contributed by atoms with Crippen molar-refractivity contribution >= 4 is 74.8 Å². The Bertz CT molecular complexity index is 1400. The number of fused-ring (bicyclic) bond motifs is 3. The van der Waals surface area contributed by atoms with Gasteiger partial charge in [0.15, 0.2) is 11.3 Å². The molecule has 2 heterocycles. The molecule has 32 heavy (non-hydrogen) atoms. The van der Waals surface area contributed by atoms with Crippen LogP contribution >= 0.6 is 23.2 Å². The van der Waals surface area contributed by atoms with E-state index in [1.54, 1.807) is 0 Å². The molecule has 3 N–H and O–H groups in total. The monoisotopic (exact) mass is 473 g/mol. The number of pyridine rings is 1. The fraction of sp³-hybridized carbons (Fsp3) is 0.0476. The van der Waals surface area contributed by atoms with Crippen LogP contribution in [0.4, 0.5) is 11.4 Å². The van der Waals surface area contributed by atoms with Crippen LogP contribution in [0.1, 0.15) is 20.7 Å². The highest BCUT2D eigenvalue weighted by Gasteiger charge is 2.25. The van der Waals surface area contributed by atoms with Gasteiger partial charge in [-0.3, -0.25) is 14.6 Å². The standard InChI is InChI=1S/C21H13Cl2N3O6/c1-31-15-5-13(25-8-27)17(20(28)26-18-11(22)6-24-7-12(18)23)16-10-4-9(21(29)30)2-3-14(10)32-19(15)16/h2-8H,1H3,(H,25,27)(H,29,30)(H,24,26,28). The Morgan fingerprint density at radius 2 is 1.91 bits per heavy atom. The van der Waals surface area contributed by atoms with Crippen molar-refractivity contribution in [1.82, 2.24) is 4.98 Å². The molecule has 2 aromatic carbocycles. The van der Waals surface area contributed by atoms with Gasteiger partial charge in [0.05, 0.1) is 39.7 Å². The molecule has 0 aliphatic rings. The van der Waals surface area contributed by atoms with Crippen molar-refractivity contribution in [2.45, 2.75) is 0 Å². The molecule has 0 saturated heterocycles. The van der Waals surface area contributed by atoms with Crippen LogP contribution in [0.2, 0.25) is 10.0 Å². The Morgan fingerprint density at radius 3 is 2.53 bits per heavy atom. The number of aromatic carboxylic acids is 1. The van der Waals surface area contributed by atoms with E-state index in [4.69, 9.17) is 32.4 Å². The molecule has 0 saturated carbocycles. The van der Waals surface area contributed by atoms with E-state index >= 15 is 0 Å². The van der Waals surface area contributed by atoms with E-state index in [1.807, 2.05) is 0 Å². The van der Waals surface area contributed by atoms with Gasteiger partial charge in [0, 0.05) is 29.2 Å². The van der Waals surface area contributed by atoms with Crippen LogP contribution in [0.3, 0.4) is 0 Å². The number of anilines is 2. The van der Waals surface area contributed by atoms with Crippen molar-refractivity contribution < 1.29 is 28.6 Å². The highest BCUT2D eigenvalue weighted by molar-refractivity contribution is 6.40. The summed E-state index contributed by atoms with van der Waals surface area (Å²) in [6.45, 7) is 0. The lowest BCUT2D eigenvalue weighted by Gasteiger charge is -2.14. The third kappa shape index (κ3) is 3.57. The number of furan rings is 1. The first kappa shape index (κ1) is 21.4. The number of hydrogen-bond donors (Lipinski definition) is 3. The number of methoxy groups -OCH3 is 1. The van der Waals surface area contributed by atoms with Crippen molar-refractivity contribution in [2.75, 3.05) is 17.7 Å². The molecule has 0 radical (unpaired) electrons. The summed E-state index contributed by atoms with van der Waals surface area (Å²) in [5.74, 6) is -1.61. The SMILES string of the molecule is COc1cc(NC=O)c(C(=O)Nc2c(Cl)cncc2Cl)c2c1oc1ccc(C(=O)O)cc12. The number of ether oxygens (including phenoxy) is 1. The predicted molar refractivity (Wildman–Crippen MR) is 119 cm³/mol. The number of carbonyl (C=O) groups excluding carboxylic acids is 2. The number of aromatic nitrogens is 1. The zero-order chi connectivity index (χ0) is 23.0. The first-order valence-electron chi connectivity index (χ1n) is 8.96. The summed E-state index contributed by atoms with van der Waals surface area (Å²) in [7, 11) is 1.39. The molecule has 0 aliphatic heterocycles. The number of benzene rings is 2. The second-order valence-corrected chi connectivity index (χ2v) is 7.33. The number of rotatable bonds is 6. The molecule has 4 aromatic rings. The Labute approximate surface area is 189 Å². The Balaban J connectivity index is 2.04. The third-order valence-corrected chi connectivity index (χ3v) is 5.28. The molecule has 0 atom stereocenters. The summed E-state index contributed by atoms with van der Waals surface area (Å²) < 4.78 is 11.2. The third-order valence-electron chi connectivity index (χ3n) is 4.71. The molecule has 0 fully saturated rings. The summed E-state index contributed by atoms with van der Waals surface area (Å²) in [6.07, 6.45) is 3.02. The minimum absolute atomic E-state index is 0.00173. The lowest BCUT2D eigenvalue weighted by Crippen LogP contribution is -2.16. The molecular formula is C21H13Cl2N3O6. The van der Waals surface area contributed by atoms with Crippen LogP contribution in [-0.2, 0) is 4.79 Å². The molecular weight excluding hydrogens is 461 g/mol. The van der Waals surface area contributed by atoms with Crippen LogP contribution < -0.4 is 15.4 Å². The minimum Gasteiger partial charge on any atom is -0.493 e. The fourth-order valence-corrected chi connectivity index (χ4v) is 3.79. The number of hydrogen-bond acceptors (Lipinski definition) is 6. The van der Waals surface area contributed by atoms with Crippen molar-refractivity contribution in [3.63, 3.8) is 0 Å². The Kier molecular flexibility index (Phi) is 5.60. The second kappa shape index (κ2) is 8.37. The van der Waals surface area contributed by atoms with E-state index in [1.165, 1.54) is 43.8 Å².